The predicted octanol–water partition coefficient (Wildman–Crippen LogP) is 2.82. The van der Waals surface area contributed by atoms with E-state index in [1.807, 2.05) is 0 Å². The molecule has 0 N–H and O–H groups in total. The fraction of sp³-hybridized carbons (Fsp3) is 0.917. The summed E-state index contributed by atoms with van der Waals surface area (Å²) in [6.45, 7) is 9.91. The summed E-state index contributed by atoms with van der Waals surface area (Å²) >= 11 is 0. The average molecular weight is 197 g/mol. The van der Waals surface area contributed by atoms with E-state index in [-0.39, 0.29) is 5.41 Å². The Kier molecular flexibility index (Phi) is 3.57. The molecule has 1 atom stereocenters. The highest BCUT2D eigenvalue weighted by atomic mass is 16.2. The van der Waals surface area contributed by atoms with Crippen LogP contribution in [0.4, 0.5) is 0 Å². The number of amides is 1. The third-order valence-electron chi connectivity index (χ3n) is 3.60. The van der Waals surface area contributed by atoms with Crippen LogP contribution in [0.15, 0.2) is 0 Å². The van der Waals surface area contributed by atoms with Crippen molar-refractivity contribution in [3.8, 4) is 0 Å². The molecule has 2 heteroatoms. The Morgan fingerprint density at radius 3 is 2.57 bits per heavy atom. The average Bonchev–Trinajstić information content (AvgIpc) is 2.50. The van der Waals surface area contributed by atoms with Gasteiger partial charge in [0.15, 0.2) is 0 Å². The second-order valence-electron chi connectivity index (χ2n) is 5.11. The van der Waals surface area contributed by atoms with Crippen LogP contribution in [0.5, 0.6) is 0 Å². The predicted molar refractivity (Wildman–Crippen MR) is 59.1 cm³/mol. The first-order chi connectivity index (χ1) is 6.49. The van der Waals surface area contributed by atoms with Crippen LogP contribution in [0, 0.1) is 5.41 Å². The van der Waals surface area contributed by atoms with Gasteiger partial charge in [-0.15, -0.1) is 0 Å². The number of rotatable bonds is 4. The molecular formula is C12H23NO. The van der Waals surface area contributed by atoms with E-state index in [1.165, 1.54) is 12.8 Å². The zero-order valence-corrected chi connectivity index (χ0v) is 9.97. The Hall–Kier alpha value is -0.530. The minimum Gasteiger partial charge on any atom is -0.339 e. The number of carbonyl (C=O) groups excluding carboxylic acids is 1. The minimum absolute atomic E-state index is 0.259. The van der Waals surface area contributed by atoms with Crippen LogP contribution < -0.4 is 0 Å². The summed E-state index contributed by atoms with van der Waals surface area (Å²) in [5, 5.41) is 0. The van der Waals surface area contributed by atoms with Crippen LogP contribution in [0.25, 0.3) is 0 Å². The van der Waals surface area contributed by atoms with Crippen molar-refractivity contribution in [1.29, 1.82) is 0 Å². The Balaban J connectivity index is 2.63. The molecule has 14 heavy (non-hydrogen) atoms. The maximum absolute atomic E-state index is 11.6. The van der Waals surface area contributed by atoms with Crippen LogP contribution in [0.3, 0.4) is 0 Å². The maximum atomic E-state index is 11.6. The standard InChI is InChI=1S/C12H23NO/c1-5-8-12(3,4)10(2)13-9-6-7-11(13)14/h10H,5-9H2,1-4H3. The zero-order valence-electron chi connectivity index (χ0n) is 9.97. The van der Waals surface area contributed by atoms with Gasteiger partial charge in [-0.05, 0) is 25.2 Å². The molecule has 1 amide bonds. The SMILES string of the molecule is CCCC(C)(C)C(C)N1CCCC1=O. The van der Waals surface area contributed by atoms with Gasteiger partial charge in [0.2, 0.25) is 5.91 Å². The van der Waals surface area contributed by atoms with Crippen LogP contribution in [0.2, 0.25) is 0 Å². The first kappa shape index (κ1) is 11.5. The molecule has 1 aliphatic heterocycles. The molecule has 0 aromatic rings. The largest absolute Gasteiger partial charge is 0.339 e. The smallest absolute Gasteiger partial charge is 0.222 e. The van der Waals surface area contributed by atoms with Crippen molar-refractivity contribution in [1.82, 2.24) is 4.90 Å². The lowest BCUT2D eigenvalue weighted by atomic mass is 9.80. The molecule has 1 heterocycles. The molecule has 1 unspecified atom stereocenters. The molecule has 1 saturated heterocycles. The van der Waals surface area contributed by atoms with Gasteiger partial charge in [-0.3, -0.25) is 4.79 Å². The van der Waals surface area contributed by atoms with Crippen LogP contribution in [0.1, 0.15) is 53.4 Å². The lowest BCUT2D eigenvalue weighted by molar-refractivity contribution is -0.131. The van der Waals surface area contributed by atoms with Crippen molar-refractivity contribution < 1.29 is 4.79 Å². The van der Waals surface area contributed by atoms with Crippen molar-refractivity contribution in [2.24, 2.45) is 5.41 Å². The van der Waals surface area contributed by atoms with Gasteiger partial charge in [0.05, 0.1) is 0 Å². The highest BCUT2D eigenvalue weighted by Gasteiger charge is 2.34. The summed E-state index contributed by atoms with van der Waals surface area (Å²) in [7, 11) is 0. The number of likely N-dealkylation sites (tertiary alicyclic amines) is 1. The lowest BCUT2D eigenvalue weighted by Gasteiger charge is -2.38. The van der Waals surface area contributed by atoms with Crippen LogP contribution in [-0.4, -0.2) is 23.4 Å². The Bertz CT molecular complexity index is 210. The second-order valence-corrected chi connectivity index (χ2v) is 5.11. The van der Waals surface area contributed by atoms with Gasteiger partial charge < -0.3 is 4.90 Å². The van der Waals surface area contributed by atoms with E-state index in [0.29, 0.717) is 11.9 Å². The summed E-state index contributed by atoms with van der Waals surface area (Å²) in [5.74, 6) is 0.349. The third-order valence-corrected chi connectivity index (χ3v) is 3.60. The van der Waals surface area contributed by atoms with Crippen LogP contribution in [-0.2, 0) is 4.79 Å². The molecular weight excluding hydrogens is 174 g/mol. The van der Waals surface area contributed by atoms with E-state index in [0.717, 1.165) is 19.4 Å². The summed E-state index contributed by atoms with van der Waals surface area (Å²) < 4.78 is 0. The Labute approximate surface area is 87.7 Å². The van der Waals surface area contributed by atoms with E-state index in [4.69, 9.17) is 0 Å². The third kappa shape index (κ3) is 2.28. The molecule has 0 bridgehead atoms. The van der Waals surface area contributed by atoms with Crippen molar-refractivity contribution in [2.45, 2.75) is 59.4 Å². The van der Waals surface area contributed by atoms with Gasteiger partial charge in [-0.2, -0.15) is 0 Å². The van der Waals surface area contributed by atoms with Gasteiger partial charge in [0, 0.05) is 19.0 Å². The molecule has 0 aromatic carbocycles. The molecule has 0 radical (unpaired) electrons. The van der Waals surface area contributed by atoms with Crippen LogP contribution >= 0.6 is 0 Å². The number of nitrogens with zero attached hydrogens (tertiary/aromatic N) is 1. The topological polar surface area (TPSA) is 20.3 Å². The number of hydrogen-bond acceptors (Lipinski definition) is 1. The lowest BCUT2D eigenvalue weighted by Crippen LogP contribution is -2.43. The fourth-order valence-electron chi connectivity index (χ4n) is 2.35. The summed E-state index contributed by atoms with van der Waals surface area (Å²) in [6.07, 6.45) is 4.19. The molecule has 2 nitrogen and oxygen atoms in total. The van der Waals surface area contributed by atoms with E-state index in [9.17, 15) is 4.79 Å². The number of hydrogen-bond donors (Lipinski definition) is 0. The highest BCUT2D eigenvalue weighted by molar-refractivity contribution is 5.78. The van der Waals surface area contributed by atoms with Gasteiger partial charge in [0.1, 0.15) is 0 Å². The van der Waals surface area contributed by atoms with E-state index in [1.54, 1.807) is 0 Å². The Morgan fingerprint density at radius 1 is 1.50 bits per heavy atom. The number of carbonyl (C=O) groups is 1. The quantitative estimate of drug-likeness (QED) is 0.678. The molecule has 0 saturated carbocycles. The molecule has 82 valence electrons. The van der Waals surface area contributed by atoms with Crippen molar-refractivity contribution in [3.63, 3.8) is 0 Å². The van der Waals surface area contributed by atoms with E-state index >= 15 is 0 Å². The van der Waals surface area contributed by atoms with E-state index in [2.05, 4.69) is 32.6 Å². The van der Waals surface area contributed by atoms with Gasteiger partial charge >= 0.3 is 0 Å². The molecule has 1 aliphatic rings. The normalized spacial score (nSPS) is 20.3. The molecule has 0 aromatic heterocycles. The van der Waals surface area contributed by atoms with Gasteiger partial charge in [0.25, 0.3) is 0 Å². The first-order valence-corrected chi connectivity index (χ1v) is 5.78. The summed E-state index contributed by atoms with van der Waals surface area (Å²) in [4.78, 5) is 13.7. The highest BCUT2D eigenvalue weighted by Crippen LogP contribution is 2.32. The zero-order chi connectivity index (χ0) is 10.8. The summed E-state index contributed by atoms with van der Waals surface area (Å²) in [6, 6.07) is 0.387. The fourth-order valence-corrected chi connectivity index (χ4v) is 2.35. The van der Waals surface area contributed by atoms with Gasteiger partial charge in [-0.25, -0.2) is 0 Å². The minimum atomic E-state index is 0.259. The maximum Gasteiger partial charge on any atom is 0.222 e. The van der Waals surface area contributed by atoms with Crippen molar-refractivity contribution >= 4 is 5.91 Å². The summed E-state index contributed by atoms with van der Waals surface area (Å²) in [5.41, 5.74) is 0.259. The molecule has 1 fully saturated rings. The molecule has 0 aliphatic carbocycles. The first-order valence-electron chi connectivity index (χ1n) is 5.78. The molecule has 1 rings (SSSR count). The van der Waals surface area contributed by atoms with E-state index < -0.39 is 0 Å². The molecule has 0 spiro atoms. The van der Waals surface area contributed by atoms with Gasteiger partial charge in [-0.1, -0.05) is 27.2 Å². The van der Waals surface area contributed by atoms with Crippen molar-refractivity contribution in [3.05, 3.63) is 0 Å². The second kappa shape index (κ2) is 4.33. The van der Waals surface area contributed by atoms with Crippen molar-refractivity contribution in [2.75, 3.05) is 6.54 Å². The Morgan fingerprint density at radius 2 is 2.14 bits per heavy atom. The monoisotopic (exact) mass is 197 g/mol.